The zero-order valence-corrected chi connectivity index (χ0v) is 38.0. The molecule has 0 aromatic carbocycles. The smallest absolute Gasteiger partial charge is 0.340 e. The second-order valence-corrected chi connectivity index (χ2v) is 18.4. The maximum atomic E-state index is 14.7. The van der Waals surface area contributed by atoms with Crippen molar-refractivity contribution in [2.75, 3.05) is 13.2 Å². The summed E-state index contributed by atoms with van der Waals surface area (Å²) >= 11 is 0. The van der Waals surface area contributed by atoms with Crippen LogP contribution in [0.1, 0.15) is 101 Å². The van der Waals surface area contributed by atoms with Crippen molar-refractivity contribution in [3.8, 4) is 0 Å². The zero-order chi connectivity index (χ0) is 48.3. The first-order valence-corrected chi connectivity index (χ1v) is 21.3. The maximum absolute atomic E-state index is 14.7. The highest BCUT2D eigenvalue weighted by Gasteiger charge is 2.91. The van der Waals surface area contributed by atoms with Gasteiger partial charge in [-0.25, -0.2) is 9.59 Å². The molecule has 354 valence electrons. The molecule has 4 heterocycles. The summed E-state index contributed by atoms with van der Waals surface area (Å²) in [6, 6.07) is 3.70. The predicted molar refractivity (Wildman–Crippen MR) is 219 cm³/mol. The Hall–Kier alpha value is -5.73. The van der Waals surface area contributed by atoms with E-state index < -0.39 is 149 Å². The lowest BCUT2D eigenvalue weighted by Crippen LogP contribution is -2.89. The number of aromatic nitrogens is 2. The van der Waals surface area contributed by atoms with Gasteiger partial charge in [-0.3, -0.25) is 33.8 Å². The Kier molecular flexibility index (Phi) is 13.2. The third-order valence-electron chi connectivity index (χ3n) is 13.3. The summed E-state index contributed by atoms with van der Waals surface area (Å²) < 4.78 is 50.8. The Bertz CT molecular complexity index is 2320. The SMILES string of the molecule is CC(=O)O[C@@H]1[C@H](OC(=O)C(C)C)[C@H]2[C@@H](O)[C@@]34O[C@@]2(C)COC(=O)c2cnccc2C(C)C(C)C(=O)O[C@@H]([C@H](OC(=O)c2ccc(=O)n(C)c2)[C@H](OC(C)=O)[C@@]13COC(=O)C(C)C)[C@]4(C)O. The molecule has 2 aliphatic heterocycles. The van der Waals surface area contributed by atoms with Gasteiger partial charge in [0, 0.05) is 45.6 Å². The summed E-state index contributed by atoms with van der Waals surface area (Å²) in [6.07, 6.45) is -8.93. The van der Waals surface area contributed by atoms with Crippen LogP contribution < -0.4 is 5.56 Å². The van der Waals surface area contributed by atoms with Crippen LogP contribution in [-0.4, -0.2) is 128 Å². The summed E-state index contributed by atoms with van der Waals surface area (Å²) in [7, 11) is 1.36. The minimum absolute atomic E-state index is 0.0540. The summed E-state index contributed by atoms with van der Waals surface area (Å²) in [4.78, 5) is 114. The lowest BCUT2D eigenvalue weighted by atomic mass is 9.45. The summed E-state index contributed by atoms with van der Waals surface area (Å²) in [5.41, 5.74) is -11.0. The van der Waals surface area contributed by atoms with E-state index in [1.165, 1.54) is 67.1 Å². The van der Waals surface area contributed by atoms with Gasteiger partial charge in [0.1, 0.15) is 41.5 Å². The van der Waals surface area contributed by atoms with E-state index >= 15 is 0 Å². The highest BCUT2D eigenvalue weighted by molar-refractivity contribution is 5.91. The molecule has 0 radical (unpaired) electrons. The molecule has 2 aromatic rings. The number of aryl methyl sites for hydroxylation is 1. The zero-order valence-electron chi connectivity index (χ0n) is 38.0. The topological polar surface area (TPSA) is 269 Å². The molecule has 3 fully saturated rings. The first-order valence-electron chi connectivity index (χ1n) is 21.3. The fourth-order valence-electron chi connectivity index (χ4n) is 9.94. The van der Waals surface area contributed by atoms with Crippen molar-refractivity contribution in [3.63, 3.8) is 0 Å². The number of aliphatic hydroxyl groups is 2. The van der Waals surface area contributed by atoms with E-state index in [0.29, 0.717) is 5.56 Å². The van der Waals surface area contributed by atoms with Gasteiger partial charge in [-0.1, -0.05) is 41.5 Å². The fourth-order valence-corrected chi connectivity index (χ4v) is 9.94. The van der Waals surface area contributed by atoms with E-state index in [0.717, 1.165) is 43.7 Å². The van der Waals surface area contributed by atoms with Crippen LogP contribution >= 0.6 is 0 Å². The molecule has 2 aromatic heterocycles. The first kappa shape index (κ1) is 48.7. The minimum atomic E-state index is -2.90. The number of esters is 7. The number of carbonyl (C=O) groups excluding carboxylic acids is 7. The molecule has 20 nitrogen and oxygen atoms in total. The van der Waals surface area contributed by atoms with Crippen molar-refractivity contribution in [2.45, 2.75) is 129 Å². The quantitative estimate of drug-likeness (QED) is 0.268. The van der Waals surface area contributed by atoms with Gasteiger partial charge in [0.05, 0.1) is 40.9 Å². The molecule has 2 aliphatic carbocycles. The molecule has 13 atom stereocenters. The fraction of sp³-hybridized carbons (Fsp3) is 0.622. The normalized spacial score (nSPS) is 35.2. The molecular weight excluding hydrogens is 856 g/mol. The standard InChI is InChI=1S/C45H56N2O18/c1-20(2)37(52)59-19-44-35(60-24(7)48)31(62-38(53)21(3)4)30-33(51)45(44)43(10,57)34(32(36(44)61-25(8)49)63-40(55)26-12-13-29(50)47(11)17-26)64-39(54)23(6)22(5)27-14-15-46-16-28(27)41(56)58-18-42(30,9)65-45/h12-17,20-23,30-36,51,57H,18-19H2,1-11H3/t22?,23?,30-,31+,32-,33+,34-,35+,36-,42-,43-,44+,45-/m0/s1. The van der Waals surface area contributed by atoms with E-state index in [9.17, 15) is 48.6 Å². The van der Waals surface area contributed by atoms with Gasteiger partial charge in [0.2, 0.25) is 5.56 Å². The van der Waals surface area contributed by atoms with Gasteiger partial charge < -0.3 is 52.7 Å². The Morgan fingerprint density at radius 3 is 2.08 bits per heavy atom. The molecule has 2 N–H and O–H groups in total. The molecule has 4 aliphatic rings. The van der Waals surface area contributed by atoms with Gasteiger partial charge in [0.25, 0.3) is 0 Å². The van der Waals surface area contributed by atoms with Crippen molar-refractivity contribution in [1.82, 2.24) is 9.55 Å². The largest absolute Gasteiger partial charge is 0.464 e. The molecule has 20 heteroatoms. The van der Waals surface area contributed by atoms with Gasteiger partial charge >= 0.3 is 41.8 Å². The third kappa shape index (κ3) is 7.96. The molecule has 1 spiro atoms. The Balaban J connectivity index is 1.77. The van der Waals surface area contributed by atoms with Gasteiger partial charge in [0.15, 0.2) is 24.4 Å². The van der Waals surface area contributed by atoms with Crippen molar-refractivity contribution < 1.29 is 81.7 Å². The molecule has 6 rings (SSSR count). The van der Waals surface area contributed by atoms with Crippen LogP contribution in [0.15, 0.2) is 41.6 Å². The van der Waals surface area contributed by atoms with Crippen LogP contribution in [0.3, 0.4) is 0 Å². The van der Waals surface area contributed by atoms with E-state index in [1.54, 1.807) is 6.92 Å². The average Bonchev–Trinajstić information content (AvgIpc) is 3.43. The molecule has 0 amide bonds. The van der Waals surface area contributed by atoms with Crippen LogP contribution in [0.5, 0.6) is 0 Å². The van der Waals surface area contributed by atoms with Gasteiger partial charge in [-0.05, 0) is 37.5 Å². The van der Waals surface area contributed by atoms with Crippen molar-refractivity contribution in [1.29, 1.82) is 0 Å². The van der Waals surface area contributed by atoms with Crippen LogP contribution in [0.2, 0.25) is 0 Å². The number of pyridine rings is 2. The number of hydrogen-bond donors (Lipinski definition) is 2. The monoisotopic (exact) mass is 912 g/mol. The van der Waals surface area contributed by atoms with Crippen LogP contribution in [0.4, 0.5) is 0 Å². The van der Waals surface area contributed by atoms with E-state index in [2.05, 4.69) is 4.98 Å². The van der Waals surface area contributed by atoms with E-state index in [4.69, 9.17) is 37.9 Å². The second-order valence-electron chi connectivity index (χ2n) is 18.4. The number of nitrogens with zero attached hydrogens (tertiary/aromatic N) is 2. The Labute approximate surface area is 374 Å². The maximum Gasteiger partial charge on any atom is 0.340 e. The number of rotatable bonds is 9. The van der Waals surface area contributed by atoms with Crippen LogP contribution in [0, 0.1) is 29.1 Å². The van der Waals surface area contributed by atoms with E-state index in [1.807, 2.05) is 0 Å². The van der Waals surface area contributed by atoms with Crippen LogP contribution in [0.25, 0.3) is 0 Å². The highest BCUT2D eigenvalue weighted by atomic mass is 16.7. The van der Waals surface area contributed by atoms with Crippen LogP contribution in [-0.2, 0) is 68.9 Å². The minimum Gasteiger partial charge on any atom is -0.464 e. The lowest BCUT2D eigenvalue weighted by Gasteiger charge is -2.67. The van der Waals surface area contributed by atoms with Crippen molar-refractivity contribution in [3.05, 3.63) is 63.8 Å². The average molecular weight is 913 g/mol. The van der Waals surface area contributed by atoms with Gasteiger partial charge in [-0.2, -0.15) is 0 Å². The predicted octanol–water partition coefficient (Wildman–Crippen LogP) is 1.73. The molecular formula is C45H56N2O18. The molecule has 4 bridgehead atoms. The van der Waals surface area contributed by atoms with Crippen molar-refractivity contribution in [2.24, 2.45) is 36.1 Å². The number of ether oxygens (including phenoxy) is 8. The molecule has 65 heavy (non-hydrogen) atoms. The third-order valence-corrected chi connectivity index (χ3v) is 13.3. The molecule has 2 saturated carbocycles. The Morgan fingerprint density at radius 1 is 0.877 bits per heavy atom. The lowest BCUT2D eigenvalue weighted by molar-refractivity contribution is -0.386. The number of cyclic esters (lactones) is 1. The molecule has 2 unspecified atom stereocenters. The Morgan fingerprint density at radius 2 is 1.49 bits per heavy atom. The number of fused-ring (bicyclic) bond motifs is 5. The van der Waals surface area contributed by atoms with E-state index in [-0.39, 0.29) is 11.1 Å². The summed E-state index contributed by atoms with van der Waals surface area (Å²) in [6.45, 7) is 11.6. The highest BCUT2D eigenvalue weighted by Crippen LogP contribution is 2.69. The summed E-state index contributed by atoms with van der Waals surface area (Å²) in [5.74, 6) is -12.5. The summed E-state index contributed by atoms with van der Waals surface area (Å²) in [5, 5.41) is 26.8. The molecule has 1 saturated heterocycles. The first-order chi connectivity index (χ1) is 30.3. The number of hydrogen-bond acceptors (Lipinski definition) is 19. The van der Waals surface area contributed by atoms with Crippen molar-refractivity contribution >= 4 is 41.8 Å². The number of aliphatic hydroxyl groups excluding tert-OH is 1. The number of carbonyl (C=O) groups is 7. The van der Waals surface area contributed by atoms with Gasteiger partial charge in [-0.15, -0.1) is 0 Å². The second kappa shape index (κ2) is 17.6.